The zero-order chi connectivity index (χ0) is 13.3. The van der Waals surface area contributed by atoms with Gasteiger partial charge in [-0.1, -0.05) is 45.7 Å². The fourth-order valence-electron chi connectivity index (χ4n) is 1.69. The molecule has 0 nitrogen and oxygen atoms in total. The van der Waals surface area contributed by atoms with Crippen LogP contribution in [-0.4, -0.2) is 0 Å². The third kappa shape index (κ3) is 2.73. The molecule has 0 heterocycles. The van der Waals surface area contributed by atoms with Crippen molar-refractivity contribution in [2.24, 2.45) is 0 Å². The number of alkyl halides is 1. The smallest absolute Gasteiger partial charge is 0.159 e. The van der Waals surface area contributed by atoms with E-state index in [1.165, 1.54) is 12.1 Å². The van der Waals surface area contributed by atoms with E-state index in [0.717, 1.165) is 17.2 Å². The summed E-state index contributed by atoms with van der Waals surface area (Å²) in [5.41, 5.74) is 2.50. The maximum absolute atomic E-state index is 13.2. The van der Waals surface area contributed by atoms with Crippen molar-refractivity contribution in [2.75, 3.05) is 0 Å². The topological polar surface area (TPSA) is 0 Å². The Balaban J connectivity index is 2.41. The van der Waals surface area contributed by atoms with Gasteiger partial charge in [0.15, 0.2) is 11.6 Å². The molecule has 0 saturated carbocycles. The first-order chi connectivity index (χ1) is 8.49. The van der Waals surface area contributed by atoms with Crippen LogP contribution in [0.3, 0.4) is 0 Å². The minimum Gasteiger partial charge on any atom is -0.204 e. The Morgan fingerprint density at radius 3 is 2.39 bits per heavy atom. The lowest BCUT2D eigenvalue weighted by Gasteiger charge is -2.13. The molecule has 0 amide bonds. The number of aryl methyl sites for hydroxylation is 1. The van der Waals surface area contributed by atoms with Crippen LogP contribution in [0.1, 0.15) is 21.5 Å². The van der Waals surface area contributed by atoms with Crippen LogP contribution in [0.4, 0.5) is 8.78 Å². The normalized spacial score (nSPS) is 12.5. The third-order valence-electron chi connectivity index (χ3n) is 2.67. The standard InChI is InChI=1S/C14H10BrClF2/c1-8-2-4-10(11(16)6-8)14(15)9-3-5-12(17)13(18)7-9/h2-7,14H,1H3. The highest BCUT2D eigenvalue weighted by atomic mass is 79.9. The van der Waals surface area contributed by atoms with Crippen molar-refractivity contribution >= 4 is 27.5 Å². The molecule has 1 unspecified atom stereocenters. The first-order valence-corrected chi connectivity index (χ1v) is 6.63. The van der Waals surface area contributed by atoms with Crippen LogP contribution < -0.4 is 0 Å². The third-order valence-corrected chi connectivity index (χ3v) is 4.01. The summed E-state index contributed by atoms with van der Waals surface area (Å²) in [5.74, 6) is -1.71. The average Bonchev–Trinajstić information content (AvgIpc) is 2.32. The maximum Gasteiger partial charge on any atom is 0.159 e. The van der Waals surface area contributed by atoms with Gasteiger partial charge < -0.3 is 0 Å². The summed E-state index contributed by atoms with van der Waals surface area (Å²) in [6, 6.07) is 9.46. The van der Waals surface area contributed by atoms with Gasteiger partial charge in [0.25, 0.3) is 0 Å². The number of rotatable bonds is 2. The van der Waals surface area contributed by atoms with E-state index in [-0.39, 0.29) is 4.83 Å². The summed E-state index contributed by atoms with van der Waals surface area (Å²) in [6.45, 7) is 1.94. The van der Waals surface area contributed by atoms with Gasteiger partial charge in [0.05, 0.1) is 4.83 Å². The SMILES string of the molecule is Cc1ccc(C(Br)c2ccc(F)c(F)c2)c(Cl)c1. The maximum atomic E-state index is 13.2. The number of hydrogen-bond donors (Lipinski definition) is 0. The van der Waals surface area contributed by atoms with Crippen LogP contribution in [0.25, 0.3) is 0 Å². The van der Waals surface area contributed by atoms with E-state index in [1.54, 1.807) is 0 Å². The number of halogens is 4. The van der Waals surface area contributed by atoms with Crippen LogP contribution >= 0.6 is 27.5 Å². The Hall–Kier alpha value is -0.930. The van der Waals surface area contributed by atoms with Gasteiger partial charge in [0.2, 0.25) is 0 Å². The zero-order valence-electron chi connectivity index (χ0n) is 9.55. The zero-order valence-corrected chi connectivity index (χ0v) is 11.9. The van der Waals surface area contributed by atoms with Crippen LogP contribution in [-0.2, 0) is 0 Å². The molecule has 2 aromatic carbocycles. The van der Waals surface area contributed by atoms with Gasteiger partial charge in [-0.25, -0.2) is 8.78 Å². The van der Waals surface area contributed by atoms with E-state index in [1.807, 2.05) is 25.1 Å². The lowest BCUT2D eigenvalue weighted by atomic mass is 10.0. The van der Waals surface area contributed by atoms with Crippen LogP contribution in [0.2, 0.25) is 5.02 Å². The van der Waals surface area contributed by atoms with E-state index in [9.17, 15) is 8.78 Å². The minimum absolute atomic E-state index is 0.263. The van der Waals surface area contributed by atoms with Gasteiger partial charge in [-0.15, -0.1) is 0 Å². The van der Waals surface area contributed by atoms with Gasteiger partial charge >= 0.3 is 0 Å². The first-order valence-electron chi connectivity index (χ1n) is 5.34. The second-order valence-corrected chi connectivity index (χ2v) is 5.38. The highest BCUT2D eigenvalue weighted by molar-refractivity contribution is 9.09. The monoisotopic (exact) mass is 330 g/mol. The Kier molecular flexibility index (Phi) is 4.03. The molecule has 0 aliphatic rings. The fourth-order valence-corrected chi connectivity index (χ4v) is 2.85. The van der Waals surface area contributed by atoms with Crippen LogP contribution in [0.15, 0.2) is 36.4 Å². The van der Waals surface area contributed by atoms with E-state index in [0.29, 0.717) is 10.6 Å². The van der Waals surface area contributed by atoms with Gasteiger partial charge in [0.1, 0.15) is 0 Å². The molecule has 0 bridgehead atoms. The van der Waals surface area contributed by atoms with Gasteiger partial charge in [0, 0.05) is 5.02 Å². The first kappa shape index (κ1) is 13.5. The Morgan fingerprint density at radius 1 is 1.06 bits per heavy atom. The molecule has 0 aromatic heterocycles. The molecule has 4 heteroatoms. The summed E-state index contributed by atoms with van der Waals surface area (Å²) in [4.78, 5) is -0.263. The van der Waals surface area contributed by atoms with Crippen LogP contribution in [0.5, 0.6) is 0 Å². The van der Waals surface area contributed by atoms with E-state index in [2.05, 4.69) is 15.9 Å². The highest BCUT2D eigenvalue weighted by Gasteiger charge is 2.15. The number of hydrogen-bond acceptors (Lipinski definition) is 0. The minimum atomic E-state index is -0.861. The van der Waals surface area contributed by atoms with Crippen molar-refractivity contribution in [1.82, 2.24) is 0 Å². The highest BCUT2D eigenvalue weighted by Crippen LogP contribution is 2.35. The second kappa shape index (κ2) is 5.37. The predicted octanol–water partition coefficient (Wildman–Crippen LogP) is 5.41. The number of benzene rings is 2. The van der Waals surface area contributed by atoms with Gasteiger partial charge in [-0.05, 0) is 41.8 Å². The summed E-state index contributed by atoms with van der Waals surface area (Å²) < 4.78 is 26.1. The molecule has 0 aliphatic carbocycles. The van der Waals surface area contributed by atoms with Crippen molar-refractivity contribution < 1.29 is 8.78 Å². The summed E-state index contributed by atoms with van der Waals surface area (Å²) in [7, 11) is 0. The van der Waals surface area contributed by atoms with Gasteiger partial charge in [-0.2, -0.15) is 0 Å². The largest absolute Gasteiger partial charge is 0.204 e. The van der Waals surface area contributed by atoms with Crippen LogP contribution in [0, 0.1) is 18.6 Å². The molecular weight excluding hydrogens is 322 g/mol. The van der Waals surface area contributed by atoms with E-state index in [4.69, 9.17) is 11.6 Å². The van der Waals surface area contributed by atoms with E-state index < -0.39 is 11.6 Å². The van der Waals surface area contributed by atoms with Gasteiger partial charge in [-0.3, -0.25) is 0 Å². The molecule has 0 aliphatic heterocycles. The Labute approximate surface area is 118 Å². The van der Waals surface area contributed by atoms with Crippen molar-refractivity contribution in [3.05, 3.63) is 69.7 Å². The molecule has 94 valence electrons. The molecule has 0 spiro atoms. The Bertz CT molecular complexity index is 584. The summed E-state index contributed by atoms with van der Waals surface area (Å²) in [5, 5.41) is 0.599. The molecule has 0 N–H and O–H groups in total. The molecule has 2 aromatic rings. The molecule has 0 radical (unpaired) electrons. The van der Waals surface area contributed by atoms with Crippen molar-refractivity contribution in [1.29, 1.82) is 0 Å². The lowest BCUT2D eigenvalue weighted by Crippen LogP contribution is -1.96. The second-order valence-electron chi connectivity index (χ2n) is 4.06. The molecule has 2 rings (SSSR count). The predicted molar refractivity (Wildman–Crippen MR) is 73.3 cm³/mol. The van der Waals surface area contributed by atoms with Crippen molar-refractivity contribution in [3.8, 4) is 0 Å². The molecular formula is C14H10BrClF2. The molecule has 0 saturated heterocycles. The van der Waals surface area contributed by atoms with Crippen molar-refractivity contribution in [3.63, 3.8) is 0 Å². The summed E-state index contributed by atoms with van der Waals surface area (Å²) in [6.07, 6.45) is 0. The molecule has 1 atom stereocenters. The van der Waals surface area contributed by atoms with E-state index >= 15 is 0 Å². The molecule has 0 fully saturated rings. The quantitative estimate of drug-likeness (QED) is 0.645. The summed E-state index contributed by atoms with van der Waals surface area (Å²) >= 11 is 9.60. The van der Waals surface area contributed by atoms with Crippen molar-refractivity contribution in [2.45, 2.75) is 11.8 Å². The average molecular weight is 332 g/mol. The molecule has 18 heavy (non-hydrogen) atoms. The Morgan fingerprint density at radius 2 is 1.78 bits per heavy atom. The fraction of sp³-hybridized carbons (Fsp3) is 0.143. The lowest BCUT2D eigenvalue weighted by molar-refractivity contribution is 0.507.